The Kier molecular flexibility index (Phi) is 1.94. The van der Waals surface area contributed by atoms with Gasteiger partial charge in [0.25, 0.3) is 0 Å². The van der Waals surface area contributed by atoms with Crippen molar-refractivity contribution in [3.05, 3.63) is 35.8 Å². The number of Topliss-reactive ketones (excluding diaryl/α,β-unsaturated/α-hetero) is 1. The van der Waals surface area contributed by atoms with Crippen molar-refractivity contribution < 1.29 is 9.21 Å². The number of hydrogen-bond donors (Lipinski definition) is 0. The number of hydrogen-bond acceptors (Lipinski definition) is 2. The van der Waals surface area contributed by atoms with E-state index in [1.54, 1.807) is 26.0 Å². The summed E-state index contributed by atoms with van der Waals surface area (Å²) in [5.41, 5.74) is 0.499. The number of furan rings is 1. The van der Waals surface area contributed by atoms with Gasteiger partial charge in [-0.25, -0.2) is 0 Å². The number of aryl methyl sites for hydroxylation is 1. The lowest BCUT2D eigenvalue weighted by molar-refractivity contribution is 0.100. The lowest BCUT2D eigenvalue weighted by Crippen LogP contribution is -1.96. The second-order valence-electron chi connectivity index (χ2n) is 2.52. The highest BCUT2D eigenvalue weighted by Crippen LogP contribution is 2.10. The molecule has 0 unspecified atom stereocenters. The monoisotopic (exact) mass is 150 g/mol. The van der Waals surface area contributed by atoms with Gasteiger partial charge in [-0.1, -0.05) is 6.58 Å². The molecule has 2 heteroatoms. The fourth-order valence-corrected chi connectivity index (χ4v) is 0.767. The zero-order valence-electron chi connectivity index (χ0n) is 6.68. The first-order valence-corrected chi connectivity index (χ1v) is 3.38. The molecule has 0 saturated heterocycles. The van der Waals surface area contributed by atoms with Crippen molar-refractivity contribution in [2.24, 2.45) is 0 Å². The molecule has 1 aromatic rings. The summed E-state index contributed by atoms with van der Waals surface area (Å²) in [6.07, 6.45) is 0. The molecule has 0 radical (unpaired) electrons. The van der Waals surface area contributed by atoms with Crippen LogP contribution in [0.2, 0.25) is 0 Å². The second kappa shape index (κ2) is 2.74. The Labute approximate surface area is 65.5 Å². The van der Waals surface area contributed by atoms with E-state index in [0.29, 0.717) is 11.3 Å². The summed E-state index contributed by atoms with van der Waals surface area (Å²) in [5.74, 6) is 0.989. The summed E-state index contributed by atoms with van der Waals surface area (Å²) in [7, 11) is 0. The summed E-state index contributed by atoms with van der Waals surface area (Å²) in [6, 6.07) is 3.42. The quantitative estimate of drug-likeness (QED) is 0.478. The molecule has 11 heavy (non-hydrogen) atoms. The van der Waals surface area contributed by atoms with Crippen LogP contribution in [0.1, 0.15) is 23.2 Å². The summed E-state index contributed by atoms with van der Waals surface area (Å²) >= 11 is 0. The molecule has 58 valence electrons. The lowest BCUT2D eigenvalue weighted by atomic mass is 10.2. The van der Waals surface area contributed by atoms with Crippen molar-refractivity contribution in [1.29, 1.82) is 0 Å². The Morgan fingerprint density at radius 2 is 2.18 bits per heavy atom. The van der Waals surface area contributed by atoms with Crippen molar-refractivity contribution in [2.45, 2.75) is 13.8 Å². The molecule has 0 atom stereocenters. The maximum Gasteiger partial charge on any atom is 0.223 e. The zero-order chi connectivity index (χ0) is 8.43. The zero-order valence-corrected chi connectivity index (χ0v) is 6.68. The minimum atomic E-state index is -0.127. The second-order valence-corrected chi connectivity index (χ2v) is 2.52. The van der Waals surface area contributed by atoms with E-state index in [1.165, 1.54) is 0 Å². The number of rotatable bonds is 2. The van der Waals surface area contributed by atoms with Gasteiger partial charge in [0.2, 0.25) is 5.78 Å². The van der Waals surface area contributed by atoms with E-state index in [2.05, 4.69) is 6.58 Å². The summed E-state index contributed by atoms with van der Waals surface area (Å²) in [4.78, 5) is 11.2. The fraction of sp³-hybridized carbons (Fsp3) is 0.222. The summed E-state index contributed by atoms with van der Waals surface area (Å²) in [5, 5.41) is 0. The minimum absolute atomic E-state index is 0.127. The van der Waals surface area contributed by atoms with Crippen molar-refractivity contribution >= 4 is 5.78 Å². The van der Waals surface area contributed by atoms with E-state index >= 15 is 0 Å². The van der Waals surface area contributed by atoms with Crippen LogP contribution in [0, 0.1) is 6.92 Å². The topological polar surface area (TPSA) is 30.2 Å². The van der Waals surface area contributed by atoms with Crippen LogP contribution in [0.3, 0.4) is 0 Å². The largest absolute Gasteiger partial charge is 0.458 e. The van der Waals surface area contributed by atoms with Crippen molar-refractivity contribution in [3.63, 3.8) is 0 Å². The fourth-order valence-electron chi connectivity index (χ4n) is 0.767. The molecule has 0 fully saturated rings. The van der Waals surface area contributed by atoms with Crippen LogP contribution in [0.4, 0.5) is 0 Å². The molecule has 1 rings (SSSR count). The van der Waals surface area contributed by atoms with Crippen LogP contribution < -0.4 is 0 Å². The van der Waals surface area contributed by atoms with E-state index in [1.807, 2.05) is 0 Å². The molecule has 0 amide bonds. The number of carbonyl (C=O) groups is 1. The van der Waals surface area contributed by atoms with Gasteiger partial charge in [0, 0.05) is 0 Å². The third-order valence-corrected chi connectivity index (χ3v) is 1.35. The lowest BCUT2D eigenvalue weighted by Gasteiger charge is -1.91. The van der Waals surface area contributed by atoms with Gasteiger partial charge in [-0.3, -0.25) is 4.79 Å². The molecular weight excluding hydrogens is 140 g/mol. The normalized spacial score (nSPS) is 9.64. The van der Waals surface area contributed by atoms with Crippen LogP contribution in [0.15, 0.2) is 28.7 Å². The maximum atomic E-state index is 11.2. The van der Waals surface area contributed by atoms with Gasteiger partial charge in [-0.15, -0.1) is 0 Å². The summed E-state index contributed by atoms with van der Waals surface area (Å²) < 4.78 is 5.10. The molecule has 0 aliphatic heterocycles. The molecule has 1 heterocycles. The average molecular weight is 150 g/mol. The number of allylic oxidation sites excluding steroid dienone is 1. The van der Waals surface area contributed by atoms with E-state index < -0.39 is 0 Å². The van der Waals surface area contributed by atoms with E-state index in [0.717, 1.165) is 5.76 Å². The maximum absolute atomic E-state index is 11.2. The van der Waals surface area contributed by atoms with Gasteiger partial charge in [0.15, 0.2) is 5.76 Å². The predicted octanol–water partition coefficient (Wildman–Crippen LogP) is 2.35. The van der Waals surface area contributed by atoms with Crippen molar-refractivity contribution in [2.75, 3.05) is 0 Å². The van der Waals surface area contributed by atoms with Gasteiger partial charge in [0.05, 0.1) is 0 Å². The highest BCUT2D eigenvalue weighted by molar-refractivity contribution is 6.05. The first kappa shape index (κ1) is 7.79. The smallest absolute Gasteiger partial charge is 0.223 e. The molecule has 0 N–H and O–H groups in total. The molecule has 2 nitrogen and oxygen atoms in total. The molecule has 1 aromatic heterocycles. The third-order valence-electron chi connectivity index (χ3n) is 1.35. The molecule has 0 aliphatic carbocycles. The van der Waals surface area contributed by atoms with Crippen LogP contribution in [0.5, 0.6) is 0 Å². The predicted molar refractivity (Wildman–Crippen MR) is 42.6 cm³/mol. The van der Waals surface area contributed by atoms with Gasteiger partial charge >= 0.3 is 0 Å². The molecule has 0 spiro atoms. The first-order chi connectivity index (χ1) is 5.11. The van der Waals surface area contributed by atoms with Crippen LogP contribution >= 0.6 is 0 Å². The standard InChI is InChI=1S/C9H10O2/c1-6(2)9(10)8-5-4-7(3)11-8/h4-5H,1H2,2-3H3. The Balaban J connectivity index is 2.94. The van der Waals surface area contributed by atoms with E-state index in [9.17, 15) is 4.79 Å². The van der Waals surface area contributed by atoms with Crippen LogP contribution in [-0.2, 0) is 0 Å². The van der Waals surface area contributed by atoms with Gasteiger partial charge < -0.3 is 4.42 Å². The first-order valence-electron chi connectivity index (χ1n) is 3.38. The molecule has 0 aliphatic rings. The van der Waals surface area contributed by atoms with Crippen molar-refractivity contribution in [1.82, 2.24) is 0 Å². The molecule has 0 aromatic carbocycles. The summed E-state index contributed by atoms with van der Waals surface area (Å²) in [6.45, 7) is 7.00. The number of carbonyl (C=O) groups excluding carboxylic acids is 1. The van der Waals surface area contributed by atoms with Gasteiger partial charge in [0.1, 0.15) is 5.76 Å². The SMILES string of the molecule is C=C(C)C(=O)c1ccc(C)o1. The highest BCUT2D eigenvalue weighted by Gasteiger charge is 2.09. The Bertz CT molecular complexity index is 294. The van der Waals surface area contributed by atoms with E-state index in [-0.39, 0.29) is 5.78 Å². The molecule has 0 saturated carbocycles. The Morgan fingerprint density at radius 3 is 2.55 bits per heavy atom. The number of ketones is 1. The van der Waals surface area contributed by atoms with Gasteiger partial charge in [-0.05, 0) is 31.6 Å². The Morgan fingerprint density at radius 1 is 1.55 bits per heavy atom. The van der Waals surface area contributed by atoms with Crippen molar-refractivity contribution in [3.8, 4) is 0 Å². The minimum Gasteiger partial charge on any atom is -0.458 e. The average Bonchev–Trinajstić information content (AvgIpc) is 2.34. The third kappa shape index (κ3) is 1.58. The van der Waals surface area contributed by atoms with Crippen LogP contribution in [0.25, 0.3) is 0 Å². The Hall–Kier alpha value is -1.31. The van der Waals surface area contributed by atoms with E-state index in [4.69, 9.17) is 4.42 Å². The van der Waals surface area contributed by atoms with Gasteiger partial charge in [-0.2, -0.15) is 0 Å². The highest BCUT2D eigenvalue weighted by atomic mass is 16.3. The molecular formula is C9H10O2. The molecule has 0 bridgehead atoms. The van der Waals surface area contributed by atoms with Crippen LogP contribution in [-0.4, -0.2) is 5.78 Å².